The minimum atomic E-state index is -0.330. The summed E-state index contributed by atoms with van der Waals surface area (Å²) in [7, 11) is 0. The molecule has 0 amide bonds. The fourth-order valence-electron chi connectivity index (χ4n) is 4.48. The molecule has 2 unspecified atom stereocenters. The van der Waals surface area contributed by atoms with Crippen molar-refractivity contribution in [2.24, 2.45) is 0 Å². The minimum Gasteiger partial charge on any atom is -0.313 e. The lowest BCUT2D eigenvalue weighted by Gasteiger charge is -2.38. The molecule has 0 saturated carbocycles. The molecule has 2 heteroatoms. The number of nitrogens with one attached hydrogen (secondary N) is 1. The molecule has 2 atom stereocenters. The first kappa shape index (κ1) is 14.9. The van der Waals surface area contributed by atoms with E-state index in [0.717, 1.165) is 6.61 Å². The largest absolute Gasteiger partial charge is 0.313 e. The molecule has 2 heterocycles. The molecule has 0 spiro atoms. The standard InChI is InChI=1S/C21H25NO/c1-16-7-5-9-18(13-16)21(19-10-6-8-17(2)14-19)22-12-4-3-11-20(22)15-23-21/h5-10,13-14,20H,3-4,11-12,15H2,1-2H3/p+1. The lowest BCUT2D eigenvalue weighted by molar-refractivity contribution is -0.981. The number of ether oxygens (including phenoxy) is 1. The maximum Gasteiger partial charge on any atom is 0.256 e. The van der Waals surface area contributed by atoms with E-state index in [4.69, 9.17) is 4.74 Å². The quantitative estimate of drug-likeness (QED) is 0.900. The number of quaternary nitrogens is 1. The van der Waals surface area contributed by atoms with Crippen LogP contribution in [0.5, 0.6) is 0 Å². The highest BCUT2D eigenvalue weighted by molar-refractivity contribution is 5.37. The van der Waals surface area contributed by atoms with Crippen molar-refractivity contribution in [3.63, 3.8) is 0 Å². The maximum atomic E-state index is 6.63. The molecule has 2 aromatic rings. The number of piperidine rings is 1. The van der Waals surface area contributed by atoms with Crippen molar-refractivity contribution in [2.45, 2.75) is 44.9 Å². The van der Waals surface area contributed by atoms with Crippen LogP contribution in [0, 0.1) is 13.8 Å². The summed E-state index contributed by atoms with van der Waals surface area (Å²) in [6, 6.07) is 18.4. The lowest BCUT2D eigenvalue weighted by atomic mass is 9.89. The summed E-state index contributed by atoms with van der Waals surface area (Å²) in [6.45, 7) is 6.42. The van der Waals surface area contributed by atoms with Gasteiger partial charge in [0.05, 0.1) is 6.54 Å². The molecule has 1 N–H and O–H groups in total. The Morgan fingerprint density at radius 3 is 2.22 bits per heavy atom. The number of fused-ring (bicyclic) bond motifs is 1. The average Bonchev–Trinajstić information content (AvgIpc) is 2.95. The van der Waals surface area contributed by atoms with Crippen LogP contribution < -0.4 is 4.90 Å². The summed E-state index contributed by atoms with van der Waals surface area (Å²) in [6.07, 6.45) is 3.93. The molecule has 2 aromatic carbocycles. The normalized spacial score (nSPS) is 26.0. The Balaban J connectivity index is 1.90. The predicted molar refractivity (Wildman–Crippen MR) is 92.6 cm³/mol. The molecule has 0 aliphatic carbocycles. The number of aryl methyl sites for hydroxylation is 2. The van der Waals surface area contributed by atoms with Gasteiger partial charge in [-0.25, -0.2) is 0 Å². The van der Waals surface area contributed by atoms with E-state index in [2.05, 4.69) is 62.4 Å². The fraction of sp³-hybridized carbons (Fsp3) is 0.429. The Kier molecular flexibility index (Phi) is 3.74. The summed E-state index contributed by atoms with van der Waals surface area (Å²) in [5, 5.41) is 0. The van der Waals surface area contributed by atoms with Crippen molar-refractivity contribution < 1.29 is 9.64 Å². The number of hydrogen-bond acceptors (Lipinski definition) is 1. The molecule has 120 valence electrons. The van der Waals surface area contributed by atoms with Crippen LogP contribution in [0.15, 0.2) is 48.5 Å². The van der Waals surface area contributed by atoms with E-state index in [-0.39, 0.29) is 5.72 Å². The van der Waals surface area contributed by atoms with E-state index in [1.54, 1.807) is 4.90 Å². The van der Waals surface area contributed by atoms with Gasteiger partial charge in [0, 0.05) is 17.5 Å². The smallest absolute Gasteiger partial charge is 0.256 e. The SMILES string of the molecule is Cc1cccc(C2(c3cccc(C)c3)OCC3CCCC[NH+]32)c1. The molecule has 2 aliphatic heterocycles. The van der Waals surface area contributed by atoms with E-state index in [0.29, 0.717) is 6.04 Å². The lowest BCUT2D eigenvalue weighted by Crippen LogP contribution is -3.20. The van der Waals surface area contributed by atoms with E-state index >= 15 is 0 Å². The highest BCUT2D eigenvalue weighted by Gasteiger charge is 2.55. The summed E-state index contributed by atoms with van der Waals surface area (Å²) >= 11 is 0. The molecule has 0 bridgehead atoms. The molecule has 0 aromatic heterocycles. The van der Waals surface area contributed by atoms with Crippen molar-refractivity contribution >= 4 is 0 Å². The van der Waals surface area contributed by atoms with E-state index in [9.17, 15) is 0 Å². The highest BCUT2D eigenvalue weighted by atomic mass is 16.5. The van der Waals surface area contributed by atoms with Gasteiger partial charge in [-0.15, -0.1) is 0 Å². The molecule has 4 rings (SSSR count). The van der Waals surface area contributed by atoms with Crippen LogP contribution >= 0.6 is 0 Å². The zero-order valence-electron chi connectivity index (χ0n) is 14.1. The van der Waals surface area contributed by atoms with Crippen LogP contribution in [0.4, 0.5) is 0 Å². The molecular formula is C21H26NO+. The number of rotatable bonds is 2. The second-order valence-corrected chi connectivity index (χ2v) is 7.20. The Morgan fingerprint density at radius 2 is 1.61 bits per heavy atom. The van der Waals surface area contributed by atoms with Crippen molar-refractivity contribution in [1.29, 1.82) is 0 Å². The second kappa shape index (κ2) is 5.77. The Morgan fingerprint density at radius 1 is 0.957 bits per heavy atom. The molecule has 2 nitrogen and oxygen atoms in total. The average molecular weight is 308 g/mol. The topological polar surface area (TPSA) is 13.7 Å². The van der Waals surface area contributed by atoms with Gasteiger partial charge in [0.2, 0.25) is 0 Å². The van der Waals surface area contributed by atoms with Gasteiger partial charge < -0.3 is 4.74 Å². The van der Waals surface area contributed by atoms with E-state index in [1.807, 2.05) is 0 Å². The molecule has 2 saturated heterocycles. The fourth-order valence-corrected chi connectivity index (χ4v) is 4.48. The van der Waals surface area contributed by atoms with Crippen LogP contribution in [-0.2, 0) is 10.5 Å². The molecule has 2 aliphatic rings. The monoisotopic (exact) mass is 308 g/mol. The van der Waals surface area contributed by atoms with Gasteiger partial charge in [-0.1, -0.05) is 35.4 Å². The Hall–Kier alpha value is -1.64. The first-order valence-electron chi connectivity index (χ1n) is 8.84. The molecule has 2 fully saturated rings. The molecule has 0 radical (unpaired) electrons. The van der Waals surface area contributed by atoms with Gasteiger partial charge in [0.15, 0.2) is 0 Å². The van der Waals surface area contributed by atoms with Crippen molar-refractivity contribution in [3.8, 4) is 0 Å². The Labute approximate surface area is 139 Å². The number of benzene rings is 2. The van der Waals surface area contributed by atoms with E-state index in [1.165, 1.54) is 48.1 Å². The zero-order valence-corrected chi connectivity index (χ0v) is 14.1. The summed E-state index contributed by atoms with van der Waals surface area (Å²) < 4.78 is 6.63. The third-order valence-corrected chi connectivity index (χ3v) is 5.54. The van der Waals surface area contributed by atoms with Gasteiger partial charge in [-0.2, -0.15) is 0 Å². The minimum absolute atomic E-state index is 0.330. The summed E-state index contributed by atoms with van der Waals surface area (Å²) in [5.41, 5.74) is 4.89. The van der Waals surface area contributed by atoms with Gasteiger partial charge in [-0.3, -0.25) is 4.90 Å². The Bertz CT molecular complexity index is 663. The van der Waals surface area contributed by atoms with Gasteiger partial charge in [0.1, 0.15) is 12.6 Å². The predicted octanol–water partition coefficient (Wildman–Crippen LogP) is 2.97. The zero-order chi connectivity index (χ0) is 15.9. The second-order valence-electron chi connectivity index (χ2n) is 7.20. The van der Waals surface area contributed by atoms with Crippen LogP contribution in [0.3, 0.4) is 0 Å². The summed E-state index contributed by atoms with van der Waals surface area (Å²) in [5.74, 6) is 0. The van der Waals surface area contributed by atoms with Crippen molar-refractivity contribution in [3.05, 3.63) is 70.8 Å². The third-order valence-electron chi connectivity index (χ3n) is 5.54. The number of hydrogen-bond donors (Lipinski definition) is 1. The third kappa shape index (κ3) is 2.41. The van der Waals surface area contributed by atoms with Crippen LogP contribution in [0.2, 0.25) is 0 Å². The highest BCUT2D eigenvalue weighted by Crippen LogP contribution is 2.34. The molecule has 23 heavy (non-hydrogen) atoms. The summed E-state index contributed by atoms with van der Waals surface area (Å²) in [4.78, 5) is 1.61. The maximum absolute atomic E-state index is 6.63. The van der Waals surface area contributed by atoms with E-state index < -0.39 is 0 Å². The van der Waals surface area contributed by atoms with Gasteiger partial charge in [-0.05, 0) is 51.0 Å². The van der Waals surface area contributed by atoms with Crippen molar-refractivity contribution in [2.75, 3.05) is 13.2 Å². The van der Waals surface area contributed by atoms with Crippen LogP contribution in [-0.4, -0.2) is 19.2 Å². The van der Waals surface area contributed by atoms with Crippen molar-refractivity contribution in [1.82, 2.24) is 0 Å². The van der Waals surface area contributed by atoms with Gasteiger partial charge in [0.25, 0.3) is 5.72 Å². The first-order valence-corrected chi connectivity index (χ1v) is 8.84. The van der Waals surface area contributed by atoms with Crippen LogP contribution in [0.1, 0.15) is 41.5 Å². The van der Waals surface area contributed by atoms with Gasteiger partial charge >= 0.3 is 0 Å². The molecular weight excluding hydrogens is 282 g/mol. The first-order chi connectivity index (χ1) is 11.2. The van der Waals surface area contributed by atoms with Crippen LogP contribution in [0.25, 0.3) is 0 Å².